The van der Waals surface area contributed by atoms with Crippen molar-refractivity contribution >= 4 is 151 Å². The second-order valence-electron chi connectivity index (χ2n) is 35.7. The molecule has 0 aliphatic carbocycles. The van der Waals surface area contributed by atoms with Crippen molar-refractivity contribution in [1.29, 1.82) is 0 Å². The number of aromatic nitrogens is 6. The number of thiazole rings is 2. The molecule has 8 heterocycles. The molecule has 0 spiro atoms. The molecule has 2 amide bonds. The molecule has 6 aromatic heterocycles. The predicted molar refractivity (Wildman–Crippen MR) is 533 cm³/mol. The highest BCUT2D eigenvalue weighted by molar-refractivity contribution is 9.11. The maximum absolute atomic E-state index is 15.2. The van der Waals surface area contributed by atoms with Gasteiger partial charge in [0.1, 0.15) is 39.5 Å². The van der Waals surface area contributed by atoms with Crippen molar-refractivity contribution < 1.29 is 61.2 Å². The fourth-order valence-corrected chi connectivity index (χ4v) is 31.9. The Kier molecular flexibility index (Phi) is 30.2. The van der Waals surface area contributed by atoms with Gasteiger partial charge in [0.05, 0.1) is 63.4 Å². The van der Waals surface area contributed by atoms with Gasteiger partial charge in [0.25, 0.3) is 0 Å². The van der Waals surface area contributed by atoms with E-state index in [1.807, 2.05) is 156 Å². The number of benzene rings is 7. The van der Waals surface area contributed by atoms with E-state index in [2.05, 4.69) is 215 Å². The molecule has 8 atom stereocenters. The van der Waals surface area contributed by atoms with Gasteiger partial charge in [-0.05, 0) is 169 Å². The quantitative estimate of drug-likeness (QED) is 0.00807. The highest BCUT2D eigenvalue weighted by Gasteiger charge is 2.60. The van der Waals surface area contributed by atoms with Crippen molar-refractivity contribution in [1.82, 2.24) is 38.5 Å². The van der Waals surface area contributed by atoms with Gasteiger partial charge in [-0.2, -0.15) is 0 Å². The number of hydrogen-bond donors (Lipinski definition) is 0. The van der Waals surface area contributed by atoms with Gasteiger partial charge in [-0.3, -0.25) is 37.9 Å². The molecule has 0 unspecified atom stereocenters. The first-order valence-corrected chi connectivity index (χ1v) is 55.2. The van der Waals surface area contributed by atoms with Gasteiger partial charge in [-0.25, -0.2) is 14.8 Å². The minimum Gasteiger partial charge on any atom is -0.497 e. The molecule has 2 aliphatic heterocycles. The number of hydrogen-bond acceptors (Lipinski definition) is 19. The lowest BCUT2D eigenvalue weighted by Crippen LogP contribution is -2.70. The Hall–Kier alpha value is -10.00. The first kappa shape index (κ1) is 97.5. The van der Waals surface area contributed by atoms with Crippen molar-refractivity contribution in [3.05, 3.63) is 317 Å². The number of halogens is 1. The first-order chi connectivity index (χ1) is 62.0. The number of fused-ring (bicyclic) bond motifs is 2. The number of rotatable bonds is 29. The minimum absolute atomic E-state index is 0.0160. The van der Waals surface area contributed by atoms with Crippen LogP contribution in [0.5, 0.6) is 5.75 Å². The summed E-state index contributed by atoms with van der Waals surface area (Å²) in [5, 5.41) is 6.52. The lowest BCUT2D eigenvalue weighted by Gasteiger charge is -2.55. The van der Waals surface area contributed by atoms with Crippen LogP contribution in [0.4, 0.5) is 0 Å². The molecule has 0 radical (unpaired) electrons. The van der Waals surface area contributed by atoms with E-state index in [4.69, 9.17) is 42.3 Å². The van der Waals surface area contributed by atoms with Crippen molar-refractivity contribution in [3.63, 3.8) is 0 Å². The third-order valence-electron chi connectivity index (χ3n) is 26.3. The number of esters is 2. The predicted octanol–water partition coefficient (Wildman–Crippen LogP) is 18.9. The molecule has 680 valence electrons. The second kappa shape index (κ2) is 40.2. The van der Waals surface area contributed by atoms with Gasteiger partial charge in [-0.1, -0.05) is 243 Å². The Morgan fingerprint density at radius 2 is 0.792 bits per heavy atom. The van der Waals surface area contributed by atoms with Crippen LogP contribution in [0, 0.1) is 23.7 Å². The molecule has 2 saturated heterocycles. The van der Waals surface area contributed by atoms with Crippen molar-refractivity contribution in [2.45, 2.75) is 155 Å². The number of imidazole rings is 2. The van der Waals surface area contributed by atoms with Gasteiger partial charge in [0, 0.05) is 93.5 Å². The van der Waals surface area contributed by atoms with E-state index in [0.717, 1.165) is 56.8 Å². The van der Waals surface area contributed by atoms with Crippen molar-refractivity contribution in [2.75, 3.05) is 35.5 Å². The maximum atomic E-state index is 15.2. The van der Waals surface area contributed by atoms with Gasteiger partial charge < -0.3 is 47.1 Å². The fourth-order valence-electron chi connectivity index (χ4n) is 17.6. The summed E-state index contributed by atoms with van der Waals surface area (Å²) in [6.07, 6.45) is 13.1. The van der Waals surface area contributed by atoms with E-state index in [1.165, 1.54) is 11.3 Å². The van der Waals surface area contributed by atoms with E-state index in [0.29, 0.717) is 32.4 Å². The third-order valence-corrected chi connectivity index (χ3v) is 47.0. The number of likely N-dealkylation sites (tertiary alicyclic amines) is 2. The number of ketones is 1. The summed E-state index contributed by atoms with van der Waals surface area (Å²) in [6.45, 7) is 28.4. The SMILES string of the molecule is COC(OC)(c1cccnc1)c1ncn2cc(Br)sc12.COC(OC)(c1cccnc1)c1ncn2cc(C(=O)[C@H](C)[C@@H]3[C@@H]([C@@H](C)O[Si](C)(C)C(C)(C)C)C(=O)N3C(C)=P(c3ccccc3)(c3ccccc3)c3ccccc3)sc12.COc1ccc(C(=O)OC(=O)[C@H](C)[C@@H]2[C@@H]([C@@H](C)O[Si](C)(C)C(C)(C)C)C(=O)N2C(C)=P(c2ccccc2)(c2ccccc2)c2ccccc2)cc1. The molecular weight excluding hydrogens is 1810 g/mol. The Bertz CT molecular complexity index is 6030. The van der Waals surface area contributed by atoms with Crippen molar-refractivity contribution in [3.8, 4) is 5.75 Å². The standard InChI is InChI=1S/C47H55N4O5PSSi.C42H50NO6PSi.C13H12BrN3O2S/c1-32(42(52)39-30-50-31-49-43(45(50)58-39)47(54-7,55-8)35-21-20-28-48-29-35)41-40(33(2)56-59(9,10)46(4,5)6)44(53)51(41)34(3)57(36-22-14-11-15-23-36,37-24-16-12-17-25-37)38-26-18-13-19-27-38;1-29(40(45)48-41(46)32-25-27-33(47-7)28-26-32)38-37(30(2)49-51(8,9)42(4,5)6)39(44)43(38)31(3)50(34-19-13-10-14-20-34,35-21-15-11-16-22-35)36-23-17-12-18-24-36;1-18-13(19-2,9-4-3-5-15-6-9)11-12-17(8-16-11)7-10(14)20-12/h11-33,40-41H,1-10H3;10-30,37-38H,1-9H3;3-8H,1-2H3/t32-,33-,40-,41-;29-,30-,37-,38-;/m11./s1. The van der Waals surface area contributed by atoms with Gasteiger partial charge in [-0.15, -0.1) is 22.7 Å². The molecule has 0 saturated carbocycles. The average molecular weight is 1930 g/mol. The van der Waals surface area contributed by atoms with E-state index in [1.54, 1.807) is 116 Å². The van der Waals surface area contributed by atoms with Crippen LogP contribution < -0.4 is 36.6 Å². The van der Waals surface area contributed by atoms with Crippen LogP contribution in [0.25, 0.3) is 9.66 Å². The first-order valence-electron chi connectivity index (χ1n) is 43.4. The molecule has 28 heteroatoms. The number of carbonyl (C=O) groups is 5. The number of nitrogens with zero attached hydrogens (tertiary/aromatic N) is 8. The number of amides is 2. The molecule has 21 nitrogen and oxygen atoms in total. The topological polar surface area (TPSA) is 226 Å². The molecular formula is C102H117BrN8O13P2S2Si2. The highest BCUT2D eigenvalue weighted by atomic mass is 79.9. The summed E-state index contributed by atoms with van der Waals surface area (Å²) >= 11 is 6.40. The molecule has 130 heavy (non-hydrogen) atoms. The summed E-state index contributed by atoms with van der Waals surface area (Å²) in [7, 11) is 3.27. The monoisotopic (exact) mass is 1920 g/mol. The zero-order chi connectivity index (χ0) is 93.6. The Morgan fingerprint density at radius 3 is 1.12 bits per heavy atom. The summed E-state index contributed by atoms with van der Waals surface area (Å²) in [5.74, 6) is -6.05. The fraction of sp³-hybridized carbons (Fsp3) is 0.324. The van der Waals surface area contributed by atoms with Crippen LogP contribution in [0.3, 0.4) is 0 Å². The number of Topliss-reactive ketones (excluding diaryl/α,β-unsaturated/α-hetero) is 1. The smallest absolute Gasteiger partial charge is 0.345 e. The number of ether oxygens (including phenoxy) is 6. The van der Waals surface area contributed by atoms with E-state index in [-0.39, 0.29) is 33.2 Å². The summed E-state index contributed by atoms with van der Waals surface area (Å²) < 4.78 is 52.8. The van der Waals surface area contributed by atoms with Gasteiger partial charge in [0.15, 0.2) is 22.4 Å². The molecule has 2 fully saturated rings. The maximum Gasteiger partial charge on any atom is 0.345 e. The van der Waals surface area contributed by atoms with Gasteiger partial charge >= 0.3 is 11.9 Å². The van der Waals surface area contributed by atoms with Gasteiger partial charge in [0.2, 0.25) is 23.4 Å². The number of methoxy groups -OCH3 is 5. The average Bonchev–Trinajstić information content (AvgIpc) is 0.877. The van der Waals surface area contributed by atoms with Crippen molar-refractivity contribution in [2.24, 2.45) is 23.7 Å². The summed E-state index contributed by atoms with van der Waals surface area (Å²) in [6, 6.07) is 75.3. The zero-order valence-electron chi connectivity index (χ0n) is 77.7. The summed E-state index contributed by atoms with van der Waals surface area (Å²) in [5.41, 5.74) is 4.75. The Morgan fingerprint density at radius 1 is 0.454 bits per heavy atom. The third kappa shape index (κ3) is 18.4. The number of carbonyl (C=O) groups excluding carboxylic acids is 5. The van der Waals surface area contributed by atoms with Crippen LogP contribution in [-0.4, -0.2) is 155 Å². The molecule has 0 bridgehead atoms. The van der Waals surface area contributed by atoms with Crippen LogP contribution in [0.2, 0.25) is 36.3 Å². The molecule has 0 N–H and O–H groups in total. The largest absolute Gasteiger partial charge is 0.497 e. The van der Waals surface area contributed by atoms with E-state index in [9.17, 15) is 14.4 Å². The molecule has 7 aromatic carbocycles. The lowest BCUT2D eigenvalue weighted by atomic mass is 9.75. The van der Waals surface area contributed by atoms with Crippen LogP contribution in [-0.2, 0) is 58.5 Å². The van der Waals surface area contributed by atoms with Crippen LogP contribution >= 0.6 is 52.4 Å². The second-order valence-corrected chi connectivity index (χ2v) is 55.7. The molecule has 2 aliphatic rings. The van der Waals surface area contributed by atoms with Crippen LogP contribution in [0.1, 0.15) is 126 Å². The Balaban J connectivity index is 0.000000184. The summed E-state index contributed by atoms with van der Waals surface area (Å²) in [4.78, 5) is 95.9. The van der Waals surface area contributed by atoms with E-state index < -0.39 is 102 Å². The molecule has 15 rings (SSSR count). The molecule has 13 aromatic rings. The Labute approximate surface area is 782 Å². The number of pyridine rings is 2. The normalized spacial score (nSPS) is 16.7. The van der Waals surface area contributed by atoms with E-state index >= 15 is 9.59 Å². The highest BCUT2D eigenvalue weighted by Crippen LogP contribution is 2.54. The van der Waals surface area contributed by atoms with Crippen LogP contribution in [0.15, 0.2) is 284 Å². The lowest BCUT2D eigenvalue weighted by molar-refractivity contribution is -0.185. The minimum atomic E-state index is -2.66. The zero-order valence-corrected chi connectivity index (χ0v) is 84.7. The number of β-lactam (4-membered cyclic amide) rings is 2.